The molecule has 0 aliphatic carbocycles. The largest absolute Gasteiger partial charge is 0.427 e. The lowest BCUT2D eigenvalue weighted by molar-refractivity contribution is -0.134. The van der Waals surface area contributed by atoms with Gasteiger partial charge in [-0.05, 0) is 22.4 Å². The molecule has 1 N–H and O–H groups in total. The lowest BCUT2D eigenvalue weighted by atomic mass is 10.1. The molecule has 0 atom stereocenters. The first-order valence-corrected chi connectivity index (χ1v) is 7.91. The van der Waals surface area contributed by atoms with Crippen LogP contribution in [0, 0.1) is 0 Å². The number of hydrogen-bond acceptors (Lipinski definition) is 4. The number of nitrogens with one attached hydrogen (secondary N) is 1. The first-order chi connectivity index (χ1) is 10.4. The fourth-order valence-corrected chi connectivity index (χ4v) is 3.63. The van der Waals surface area contributed by atoms with Crippen molar-refractivity contribution >= 4 is 43.8 Å². The van der Waals surface area contributed by atoms with Crippen molar-refractivity contribution in [1.29, 1.82) is 0 Å². The lowest BCUT2D eigenvalue weighted by Gasteiger charge is -2.02. The molecule has 0 saturated heterocycles. The van der Waals surface area contributed by atoms with Crippen molar-refractivity contribution in [3.05, 3.63) is 46.3 Å². The van der Waals surface area contributed by atoms with Gasteiger partial charge < -0.3 is 5.32 Å². The van der Waals surface area contributed by atoms with Crippen LogP contribution in [0.3, 0.4) is 0 Å². The SMILES string of the molecule is O=C(Cc1csc2ccccc12)Nc1ncc(C(F)(F)F)s1. The number of hydrogen-bond donors (Lipinski definition) is 1. The number of alkyl halides is 3. The summed E-state index contributed by atoms with van der Waals surface area (Å²) in [6.45, 7) is 0. The second kappa shape index (κ2) is 5.69. The van der Waals surface area contributed by atoms with Gasteiger partial charge in [0.05, 0.1) is 12.6 Å². The van der Waals surface area contributed by atoms with Gasteiger partial charge in [0.25, 0.3) is 0 Å². The average Bonchev–Trinajstić information content (AvgIpc) is 3.06. The third-order valence-corrected chi connectivity index (χ3v) is 4.91. The minimum Gasteiger partial charge on any atom is -0.302 e. The van der Waals surface area contributed by atoms with Crippen LogP contribution in [0.2, 0.25) is 0 Å². The van der Waals surface area contributed by atoms with Crippen LogP contribution in [0.5, 0.6) is 0 Å². The molecule has 0 aliphatic heterocycles. The van der Waals surface area contributed by atoms with Gasteiger partial charge in [-0.1, -0.05) is 29.5 Å². The number of anilines is 1. The third kappa shape index (κ3) is 3.12. The standard InChI is InChI=1S/C14H9F3N2OS2/c15-14(16,17)11-6-18-13(22-11)19-12(20)5-8-7-21-10-4-2-1-3-9(8)10/h1-4,6-7H,5H2,(H,18,19,20). The molecule has 0 aliphatic rings. The van der Waals surface area contributed by atoms with Gasteiger partial charge in [-0.15, -0.1) is 11.3 Å². The quantitative estimate of drug-likeness (QED) is 0.758. The first kappa shape index (κ1) is 15.0. The van der Waals surface area contributed by atoms with E-state index in [4.69, 9.17) is 0 Å². The molecule has 1 aromatic carbocycles. The average molecular weight is 342 g/mol. The normalized spacial score (nSPS) is 11.8. The Morgan fingerprint density at radius 1 is 1.27 bits per heavy atom. The van der Waals surface area contributed by atoms with Gasteiger partial charge in [0, 0.05) is 4.70 Å². The topological polar surface area (TPSA) is 42.0 Å². The Morgan fingerprint density at radius 2 is 2.05 bits per heavy atom. The highest BCUT2D eigenvalue weighted by atomic mass is 32.1. The molecule has 114 valence electrons. The number of benzene rings is 1. The number of carbonyl (C=O) groups is 1. The first-order valence-electron chi connectivity index (χ1n) is 6.21. The molecule has 0 fully saturated rings. The van der Waals surface area contributed by atoms with Gasteiger partial charge in [-0.3, -0.25) is 4.79 Å². The minimum atomic E-state index is -4.44. The van der Waals surface area contributed by atoms with Crippen LogP contribution in [0.4, 0.5) is 18.3 Å². The molecule has 2 heterocycles. The summed E-state index contributed by atoms with van der Waals surface area (Å²) in [6, 6.07) is 7.67. The van der Waals surface area contributed by atoms with Crippen molar-refractivity contribution in [3.63, 3.8) is 0 Å². The number of amides is 1. The lowest BCUT2D eigenvalue weighted by Crippen LogP contribution is -2.13. The third-order valence-electron chi connectivity index (χ3n) is 2.94. The van der Waals surface area contributed by atoms with E-state index in [0.29, 0.717) is 11.3 Å². The van der Waals surface area contributed by atoms with E-state index in [1.54, 1.807) is 0 Å². The second-order valence-electron chi connectivity index (χ2n) is 4.51. The summed E-state index contributed by atoms with van der Waals surface area (Å²) < 4.78 is 38.5. The van der Waals surface area contributed by atoms with E-state index in [1.165, 1.54) is 11.3 Å². The van der Waals surface area contributed by atoms with Crippen molar-refractivity contribution in [2.75, 3.05) is 5.32 Å². The van der Waals surface area contributed by atoms with Crippen LogP contribution in [-0.2, 0) is 17.4 Å². The molecule has 3 nitrogen and oxygen atoms in total. The fraction of sp³-hybridized carbons (Fsp3) is 0.143. The molecule has 8 heteroatoms. The second-order valence-corrected chi connectivity index (χ2v) is 6.45. The molecule has 2 aromatic heterocycles. The zero-order chi connectivity index (χ0) is 15.7. The van der Waals surface area contributed by atoms with Crippen LogP contribution in [0.1, 0.15) is 10.4 Å². The maximum absolute atomic E-state index is 12.5. The Hall–Kier alpha value is -1.93. The molecular weight excluding hydrogens is 333 g/mol. The van der Waals surface area contributed by atoms with Crippen LogP contribution < -0.4 is 5.32 Å². The summed E-state index contributed by atoms with van der Waals surface area (Å²) in [4.78, 5) is 14.7. The highest BCUT2D eigenvalue weighted by Gasteiger charge is 2.33. The summed E-state index contributed by atoms with van der Waals surface area (Å²) in [5.41, 5.74) is 0.853. The van der Waals surface area contributed by atoms with Crippen molar-refractivity contribution in [3.8, 4) is 0 Å². The van der Waals surface area contributed by atoms with E-state index in [9.17, 15) is 18.0 Å². The summed E-state index contributed by atoms with van der Waals surface area (Å²) in [5.74, 6) is -0.383. The zero-order valence-electron chi connectivity index (χ0n) is 11.0. The van der Waals surface area contributed by atoms with Crippen LogP contribution >= 0.6 is 22.7 Å². The number of halogens is 3. The molecule has 1 amide bonds. The molecule has 22 heavy (non-hydrogen) atoms. The number of thiazole rings is 1. The maximum Gasteiger partial charge on any atom is 0.427 e. The highest BCUT2D eigenvalue weighted by Crippen LogP contribution is 2.35. The van der Waals surface area contributed by atoms with Gasteiger partial charge in [0.2, 0.25) is 5.91 Å². The smallest absolute Gasteiger partial charge is 0.302 e. The van der Waals surface area contributed by atoms with E-state index in [2.05, 4.69) is 10.3 Å². The Labute approximate surface area is 131 Å². The molecule has 0 saturated carbocycles. The van der Waals surface area contributed by atoms with Gasteiger partial charge in [-0.2, -0.15) is 13.2 Å². The van der Waals surface area contributed by atoms with Crippen LogP contribution in [-0.4, -0.2) is 10.9 Å². The van der Waals surface area contributed by atoms with E-state index in [0.717, 1.165) is 21.8 Å². The zero-order valence-corrected chi connectivity index (χ0v) is 12.6. The van der Waals surface area contributed by atoms with Crippen molar-refractivity contribution in [1.82, 2.24) is 4.98 Å². The number of nitrogens with zero attached hydrogens (tertiary/aromatic N) is 1. The number of fused-ring (bicyclic) bond motifs is 1. The Bertz CT molecular complexity index is 823. The molecular formula is C14H9F3N2OS2. The van der Waals surface area contributed by atoms with E-state index in [1.807, 2.05) is 29.6 Å². The maximum atomic E-state index is 12.5. The Kier molecular flexibility index (Phi) is 3.88. The number of aromatic nitrogens is 1. The van der Waals surface area contributed by atoms with Crippen molar-refractivity contribution in [2.24, 2.45) is 0 Å². The van der Waals surface area contributed by atoms with Crippen LogP contribution in [0.25, 0.3) is 10.1 Å². The summed E-state index contributed by atoms with van der Waals surface area (Å²) in [5, 5.41) is 5.23. The van der Waals surface area contributed by atoms with Crippen LogP contribution in [0.15, 0.2) is 35.8 Å². The van der Waals surface area contributed by atoms with E-state index in [-0.39, 0.29) is 17.5 Å². The van der Waals surface area contributed by atoms with Gasteiger partial charge in [0.15, 0.2) is 5.13 Å². The summed E-state index contributed by atoms with van der Waals surface area (Å²) in [7, 11) is 0. The Balaban J connectivity index is 1.71. The molecule has 0 unspecified atom stereocenters. The van der Waals surface area contributed by atoms with Crippen molar-refractivity contribution in [2.45, 2.75) is 12.6 Å². The predicted octanol–water partition coefficient (Wildman–Crippen LogP) is 4.56. The fourth-order valence-electron chi connectivity index (χ4n) is 1.97. The summed E-state index contributed by atoms with van der Waals surface area (Å²) in [6.07, 6.45) is -3.62. The van der Waals surface area contributed by atoms with E-state index < -0.39 is 11.1 Å². The number of carbonyl (C=O) groups excluding carboxylic acids is 1. The Morgan fingerprint density at radius 3 is 2.77 bits per heavy atom. The van der Waals surface area contributed by atoms with Gasteiger partial charge in [0.1, 0.15) is 4.88 Å². The minimum absolute atomic E-state index is 0.0446. The monoisotopic (exact) mass is 342 g/mol. The number of thiophene rings is 1. The van der Waals surface area contributed by atoms with Gasteiger partial charge >= 0.3 is 6.18 Å². The molecule has 0 spiro atoms. The molecule has 0 radical (unpaired) electrons. The number of rotatable bonds is 3. The van der Waals surface area contributed by atoms with Gasteiger partial charge in [-0.25, -0.2) is 4.98 Å². The summed E-state index contributed by atoms with van der Waals surface area (Å²) >= 11 is 1.95. The predicted molar refractivity (Wildman–Crippen MR) is 81.3 cm³/mol. The molecule has 3 rings (SSSR count). The van der Waals surface area contributed by atoms with Crippen molar-refractivity contribution < 1.29 is 18.0 Å². The molecule has 3 aromatic rings. The highest BCUT2D eigenvalue weighted by molar-refractivity contribution is 7.17. The molecule has 0 bridgehead atoms. The van der Waals surface area contributed by atoms with E-state index >= 15 is 0 Å².